The Labute approximate surface area is 149 Å². The van der Waals surface area contributed by atoms with E-state index >= 15 is 0 Å². The van der Waals surface area contributed by atoms with Gasteiger partial charge in [-0.05, 0) is 18.2 Å². The number of thioether (sulfide) groups is 1. The molecule has 2 aromatic heterocycles. The van der Waals surface area contributed by atoms with Crippen molar-refractivity contribution < 1.29 is 13.9 Å². The summed E-state index contributed by atoms with van der Waals surface area (Å²) in [4.78, 5) is 23.4. The van der Waals surface area contributed by atoms with E-state index in [4.69, 9.17) is 9.15 Å². The highest BCUT2D eigenvalue weighted by Crippen LogP contribution is 2.28. The average Bonchev–Trinajstić information content (AvgIpc) is 3.21. The number of fused-ring (bicyclic) bond motifs is 1. The summed E-state index contributed by atoms with van der Waals surface area (Å²) in [7, 11) is 0. The van der Waals surface area contributed by atoms with Crippen LogP contribution in [-0.2, 0) is 9.53 Å². The highest BCUT2D eigenvalue weighted by Gasteiger charge is 2.18. The van der Waals surface area contributed by atoms with Gasteiger partial charge in [0.2, 0.25) is 5.91 Å². The first-order valence-electron chi connectivity index (χ1n) is 8.10. The van der Waals surface area contributed by atoms with E-state index in [1.165, 1.54) is 11.8 Å². The molecule has 0 spiro atoms. The molecule has 128 valence electrons. The summed E-state index contributed by atoms with van der Waals surface area (Å²) >= 11 is 1.44. The maximum absolute atomic E-state index is 12.4. The van der Waals surface area contributed by atoms with Crippen LogP contribution in [0.15, 0.2) is 52.1 Å². The minimum Gasteiger partial charge on any atom is -0.461 e. The van der Waals surface area contributed by atoms with Gasteiger partial charge in [-0.1, -0.05) is 30.0 Å². The van der Waals surface area contributed by atoms with Crippen LogP contribution in [-0.4, -0.2) is 52.8 Å². The summed E-state index contributed by atoms with van der Waals surface area (Å²) in [5.74, 6) is 1.60. The van der Waals surface area contributed by atoms with Crippen molar-refractivity contribution in [3.63, 3.8) is 0 Å². The first-order valence-corrected chi connectivity index (χ1v) is 9.09. The average molecular weight is 355 g/mol. The lowest BCUT2D eigenvalue weighted by atomic mass is 10.2. The van der Waals surface area contributed by atoms with Gasteiger partial charge in [-0.15, -0.1) is 0 Å². The predicted octanol–water partition coefficient (Wildman–Crippen LogP) is 2.84. The van der Waals surface area contributed by atoms with Crippen molar-refractivity contribution in [1.82, 2.24) is 14.9 Å². The summed E-state index contributed by atoms with van der Waals surface area (Å²) in [5, 5.41) is 1.73. The molecule has 3 aromatic rings. The fourth-order valence-electron chi connectivity index (χ4n) is 2.71. The number of aromatic nitrogens is 2. The van der Waals surface area contributed by atoms with E-state index in [0.29, 0.717) is 43.6 Å². The van der Waals surface area contributed by atoms with E-state index in [0.717, 1.165) is 15.9 Å². The van der Waals surface area contributed by atoms with Gasteiger partial charge < -0.3 is 14.1 Å². The Morgan fingerprint density at radius 1 is 1.12 bits per heavy atom. The second-order valence-corrected chi connectivity index (χ2v) is 6.59. The lowest BCUT2D eigenvalue weighted by molar-refractivity contribution is -0.132. The Morgan fingerprint density at radius 2 is 1.96 bits per heavy atom. The second kappa shape index (κ2) is 7.25. The van der Waals surface area contributed by atoms with Crippen LogP contribution < -0.4 is 0 Å². The van der Waals surface area contributed by atoms with E-state index in [9.17, 15) is 4.79 Å². The number of carbonyl (C=O) groups is 1. The van der Waals surface area contributed by atoms with Gasteiger partial charge >= 0.3 is 0 Å². The molecule has 0 aliphatic carbocycles. The molecule has 25 heavy (non-hydrogen) atoms. The first-order chi connectivity index (χ1) is 12.3. The van der Waals surface area contributed by atoms with Crippen molar-refractivity contribution in [2.75, 3.05) is 32.1 Å². The molecular weight excluding hydrogens is 338 g/mol. The van der Waals surface area contributed by atoms with Gasteiger partial charge in [-0.25, -0.2) is 9.97 Å². The molecular formula is C18H17N3O3S. The minimum absolute atomic E-state index is 0.107. The number of ether oxygens (including phenoxy) is 1. The van der Waals surface area contributed by atoms with E-state index < -0.39 is 0 Å². The standard InChI is InChI=1S/C18H17N3O3S/c22-16(21-7-10-23-11-8-21)12-25-18-13-4-1-2-5-14(13)19-17(20-18)15-6-3-9-24-15/h1-6,9H,7-8,10-12H2. The molecule has 0 bridgehead atoms. The number of amides is 1. The zero-order valence-corrected chi connectivity index (χ0v) is 14.4. The van der Waals surface area contributed by atoms with Gasteiger partial charge in [-0.2, -0.15) is 0 Å². The molecule has 1 amide bonds. The molecule has 3 heterocycles. The summed E-state index contributed by atoms with van der Waals surface area (Å²) < 4.78 is 10.7. The minimum atomic E-state index is 0.107. The zero-order chi connectivity index (χ0) is 17.1. The van der Waals surface area contributed by atoms with Gasteiger partial charge in [0.05, 0.1) is 30.7 Å². The number of nitrogens with zero attached hydrogens (tertiary/aromatic N) is 3. The maximum Gasteiger partial charge on any atom is 0.233 e. The smallest absolute Gasteiger partial charge is 0.233 e. The van der Waals surface area contributed by atoms with Crippen molar-refractivity contribution in [2.45, 2.75) is 5.03 Å². The molecule has 7 heteroatoms. The normalized spacial score (nSPS) is 14.8. The summed E-state index contributed by atoms with van der Waals surface area (Å²) in [6.45, 7) is 2.52. The van der Waals surface area contributed by atoms with Crippen LogP contribution >= 0.6 is 11.8 Å². The van der Waals surface area contributed by atoms with Crippen LogP contribution in [0.1, 0.15) is 0 Å². The van der Waals surface area contributed by atoms with E-state index in [1.807, 2.05) is 41.3 Å². The number of morpholine rings is 1. The molecule has 0 atom stereocenters. The summed E-state index contributed by atoms with van der Waals surface area (Å²) in [6, 6.07) is 11.4. The fraction of sp³-hybridized carbons (Fsp3) is 0.278. The number of rotatable bonds is 4. The van der Waals surface area contributed by atoms with Crippen LogP contribution in [0.2, 0.25) is 0 Å². The first kappa shape index (κ1) is 16.1. The Hall–Kier alpha value is -2.38. The van der Waals surface area contributed by atoms with E-state index in [2.05, 4.69) is 9.97 Å². The number of benzene rings is 1. The van der Waals surface area contributed by atoms with Crippen molar-refractivity contribution in [3.8, 4) is 11.6 Å². The Morgan fingerprint density at radius 3 is 2.76 bits per heavy atom. The van der Waals surface area contributed by atoms with Gasteiger partial charge in [0.15, 0.2) is 11.6 Å². The maximum atomic E-state index is 12.4. The van der Waals surface area contributed by atoms with E-state index in [-0.39, 0.29) is 5.91 Å². The second-order valence-electron chi connectivity index (χ2n) is 5.63. The van der Waals surface area contributed by atoms with Crippen LogP contribution in [0.4, 0.5) is 0 Å². The Kier molecular flexibility index (Phi) is 4.67. The van der Waals surface area contributed by atoms with E-state index in [1.54, 1.807) is 6.26 Å². The monoisotopic (exact) mass is 355 g/mol. The number of carbonyl (C=O) groups excluding carboxylic acids is 1. The fourth-order valence-corrected chi connectivity index (χ4v) is 3.63. The summed E-state index contributed by atoms with van der Waals surface area (Å²) in [6.07, 6.45) is 1.60. The van der Waals surface area contributed by atoms with Crippen molar-refractivity contribution >= 4 is 28.6 Å². The van der Waals surface area contributed by atoms with Crippen molar-refractivity contribution in [1.29, 1.82) is 0 Å². The lowest BCUT2D eigenvalue weighted by Crippen LogP contribution is -2.41. The topological polar surface area (TPSA) is 68.5 Å². The van der Waals surface area contributed by atoms with Crippen molar-refractivity contribution in [3.05, 3.63) is 42.7 Å². The molecule has 1 fully saturated rings. The van der Waals surface area contributed by atoms with Crippen LogP contribution in [0.25, 0.3) is 22.5 Å². The molecule has 1 saturated heterocycles. The highest BCUT2D eigenvalue weighted by molar-refractivity contribution is 8.00. The van der Waals surface area contributed by atoms with Gasteiger partial charge in [-0.3, -0.25) is 4.79 Å². The third kappa shape index (κ3) is 3.52. The number of hydrogen-bond acceptors (Lipinski definition) is 6. The van der Waals surface area contributed by atoms with Gasteiger partial charge in [0.1, 0.15) is 5.03 Å². The third-order valence-electron chi connectivity index (χ3n) is 4.01. The Bertz CT molecular complexity index is 876. The largest absolute Gasteiger partial charge is 0.461 e. The lowest BCUT2D eigenvalue weighted by Gasteiger charge is -2.26. The molecule has 1 aliphatic heterocycles. The molecule has 1 aromatic carbocycles. The molecule has 0 saturated carbocycles. The molecule has 0 unspecified atom stereocenters. The van der Waals surface area contributed by atoms with Crippen LogP contribution in [0.3, 0.4) is 0 Å². The van der Waals surface area contributed by atoms with Crippen LogP contribution in [0.5, 0.6) is 0 Å². The van der Waals surface area contributed by atoms with Crippen molar-refractivity contribution in [2.24, 2.45) is 0 Å². The summed E-state index contributed by atoms with van der Waals surface area (Å²) in [5.41, 5.74) is 0.838. The number of furan rings is 1. The molecule has 0 N–H and O–H groups in total. The SMILES string of the molecule is O=C(CSc1nc(-c2ccco2)nc2ccccc12)N1CCOCC1. The third-order valence-corrected chi connectivity index (χ3v) is 4.98. The van der Waals surface area contributed by atoms with Gasteiger partial charge in [0.25, 0.3) is 0 Å². The molecule has 4 rings (SSSR count). The number of hydrogen-bond donors (Lipinski definition) is 0. The quantitative estimate of drug-likeness (QED) is 0.529. The molecule has 0 radical (unpaired) electrons. The molecule has 6 nitrogen and oxygen atoms in total. The zero-order valence-electron chi connectivity index (χ0n) is 13.6. The number of para-hydroxylation sites is 1. The molecule has 1 aliphatic rings. The predicted molar refractivity (Wildman–Crippen MR) is 95.4 cm³/mol. The van der Waals surface area contributed by atoms with Gasteiger partial charge in [0, 0.05) is 18.5 Å². The highest BCUT2D eigenvalue weighted by atomic mass is 32.2. The van der Waals surface area contributed by atoms with Crippen LogP contribution in [0, 0.1) is 0 Å². The Balaban J connectivity index is 1.60.